The molecule has 0 radical (unpaired) electrons. The fourth-order valence-electron chi connectivity index (χ4n) is 4.93. The van der Waals surface area contributed by atoms with Crippen molar-refractivity contribution in [1.82, 2.24) is 24.4 Å². The van der Waals surface area contributed by atoms with E-state index in [0.29, 0.717) is 13.1 Å². The van der Waals surface area contributed by atoms with Crippen LogP contribution in [-0.2, 0) is 13.1 Å². The first-order valence-corrected chi connectivity index (χ1v) is 12.8. The summed E-state index contributed by atoms with van der Waals surface area (Å²) in [4.78, 5) is 26.6. The lowest BCUT2D eigenvalue weighted by Crippen LogP contribution is -2.30. The largest absolute Gasteiger partial charge is 0.493 e. The molecule has 0 bridgehead atoms. The number of aromatic nitrogens is 4. The molecule has 1 fully saturated rings. The average molecular weight is 475 g/mol. The molecule has 0 atom stereocenters. The highest BCUT2D eigenvalue weighted by molar-refractivity contribution is 5.98. The van der Waals surface area contributed by atoms with Crippen LogP contribution < -0.4 is 15.7 Å². The number of imidazole rings is 1. The first-order valence-electron chi connectivity index (χ1n) is 12.8. The van der Waals surface area contributed by atoms with E-state index in [1.54, 1.807) is 10.9 Å². The predicted octanol–water partition coefficient (Wildman–Crippen LogP) is 4.55. The highest BCUT2D eigenvalue weighted by Gasteiger charge is 2.12. The molecule has 184 valence electrons. The summed E-state index contributed by atoms with van der Waals surface area (Å²) >= 11 is 0. The van der Waals surface area contributed by atoms with Gasteiger partial charge in [-0.05, 0) is 70.4 Å². The Hall–Kier alpha value is -3.39. The number of aromatic amines is 1. The lowest BCUT2D eigenvalue weighted by molar-refractivity contribution is 0.215. The van der Waals surface area contributed by atoms with Crippen LogP contribution in [0.25, 0.3) is 21.9 Å². The average Bonchev–Trinajstić information content (AvgIpc) is 3.20. The molecule has 35 heavy (non-hydrogen) atoms. The molecule has 0 saturated carbocycles. The number of anilines is 1. The first kappa shape index (κ1) is 23.4. The van der Waals surface area contributed by atoms with Gasteiger partial charge in [0.1, 0.15) is 17.9 Å². The summed E-state index contributed by atoms with van der Waals surface area (Å²) in [5.74, 6) is 1.64. The van der Waals surface area contributed by atoms with Crippen molar-refractivity contribution in [3.8, 4) is 5.75 Å². The van der Waals surface area contributed by atoms with E-state index < -0.39 is 0 Å². The second kappa shape index (κ2) is 10.9. The molecule has 0 aliphatic carbocycles. The molecule has 1 aliphatic rings. The lowest BCUT2D eigenvalue weighted by Gasteiger charge is -2.26. The molecule has 3 heterocycles. The van der Waals surface area contributed by atoms with Gasteiger partial charge in [0.05, 0.1) is 23.2 Å². The molecular formula is C27H34N6O2. The molecule has 0 spiro atoms. The number of aryl methyl sites for hydroxylation is 1. The molecule has 1 aliphatic heterocycles. The number of piperidine rings is 1. The molecule has 5 rings (SSSR count). The van der Waals surface area contributed by atoms with Gasteiger partial charge < -0.3 is 19.9 Å². The monoisotopic (exact) mass is 474 g/mol. The molecule has 0 unspecified atom stereocenters. The van der Waals surface area contributed by atoms with Gasteiger partial charge >= 0.3 is 5.69 Å². The van der Waals surface area contributed by atoms with Gasteiger partial charge in [0.25, 0.3) is 0 Å². The number of hydrogen-bond donors (Lipinski definition) is 2. The molecule has 1 saturated heterocycles. The van der Waals surface area contributed by atoms with Crippen molar-refractivity contribution < 1.29 is 4.74 Å². The van der Waals surface area contributed by atoms with Crippen LogP contribution in [0.15, 0.2) is 47.5 Å². The molecule has 0 amide bonds. The third kappa shape index (κ3) is 5.32. The van der Waals surface area contributed by atoms with Crippen molar-refractivity contribution in [2.75, 3.05) is 31.6 Å². The molecule has 2 aromatic heterocycles. The van der Waals surface area contributed by atoms with Gasteiger partial charge in [-0.3, -0.25) is 4.57 Å². The smallest absolute Gasteiger partial charge is 0.326 e. The standard InChI is InChI=1S/C27H34N6O2/c1-2-33-24-17-22-21(16-23(24)31-27(33)34)26(30-19-29-22)28-18-20-10-4-5-11-25(20)35-15-9-8-14-32-12-6-3-7-13-32/h4-5,10-11,16-17,19H,2-3,6-9,12-15,18H2,1H3,(H,31,34)(H,28,29,30). The number of benzene rings is 2. The number of unbranched alkanes of at least 4 members (excludes halogenated alkanes) is 1. The number of likely N-dealkylation sites (tertiary alicyclic amines) is 1. The van der Waals surface area contributed by atoms with Crippen molar-refractivity contribution in [2.24, 2.45) is 0 Å². The van der Waals surface area contributed by atoms with Gasteiger partial charge in [-0.2, -0.15) is 0 Å². The summed E-state index contributed by atoms with van der Waals surface area (Å²) in [6.45, 7) is 7.54. The van der Waals surface area contributed by atoms with Gasteiger partial charge in [0.15, 0.2) is 0 Å². The quantitative estimate of drug-likeness (QED) is 0.328. The first-order chi connectivity index (χ1) is 17.2. The van der Waals surface area contributed by atoms with Crippen molar-refractivity contribution in [3.63, 3.8) is 0 Å². The van der Waals surface area contributed by atoms with E-state index in [0.717, 1.165) is 52.1 Å². The van der Waals surface area contributed by atoms with E-state index in [4.69, 9.17) is 4.74 Å². The van der Waals surface area contributed by atoms with Crippen LogP contribution in [0.1, 0.15) is 44.6 Å². The predicted molar refractivity (Wildman–Crippen MR) is 140 cm³/mol. The van der Waals surface area contributed by atoms with E-state index >= 15 is 0 Å². The number of H-pyrrole nitrogens is 1. The van der Waals surface area contributed by atoms with Gasteiger partial charge in [0.2, 0.25) is 0 Å². The Morgan fingerprint density at radius 3 is 2.80 bits per heavy atom. The Bertz CT molecular complexity index is 1340. The van der Waals surface area contributed by atoms with Crippen molar-refractivity contribution in [2.45, 2.75) is 52.1 Å². The Balaban J connectivity index is 1.23. The van der Waals surface area contributed by atoms with Gasteiger partial charge in [-0.1, -0.05) is 24.6 Å². The zero-order valence-electron chi connectivity index (χ0n) is 20.4. The third-order valence-electron chi connectivity index (χ3n) is 6.84. The maximum atomic E-state index is 12.2. The summed E-state index contributed by atoms with van der Waals surface area (Å²) in [5, 5.41) is 4.33. The van der Waals surface area contributed by atoms with Gasteiger partial charge in [-0.15, -0.1) is 0 Å². The van der Waals surface area contributed by atoms with Crippen LogP contribution >= 0.6 is 0 Å². The number of ether oxygens (including phenoxy) is 1. The van der Waals surface area contributed by atoms with Crippen LogP contribution in [0.5, 0.6) is 5.75 Å². The minimum absolute atomic E-state index is 0.109. The minimum Gasteiger partial charge on any atom is -0.493 e. The Labute approximate surface area is 205 Å². The second-order valence-electron chi connectivity index (χ2n) is 9.20. The second-order valence-corrected chi connectivity index (χ2v) is 9.20. The minimum atomic E-state index is -0.109. The highest BCUT2D eigenvalue weighted by Crippen LogP contribution is 2.26. The number of hydrogen-bond acceptors (Lipinski definition) is 6. The van der Waals surface area contributed by atoms with Crippen LogP contribution in [0.4, 0.5) is 5.82 Å². The SMILES string of the molecule is CCn1c(=O)[nH]c2cc3c(NCc4ccccc4OCCCCN4CCCCC4)ncnc3cc21. The molecule has 8 nitrogen and oxygen atoms in total. The topological polar surface area (TPSA) is 88.1 Å². The number of fused-ring (bicyclic) bond motifs is 2. The Morgan fingerprint density at radius 2 is 1.94 bits per heavy atom. The van der Waals surface area contributed by atoms with E-state index in [9.17, 15) is 4.79 Å². The molecule has 2 aromatic carbocycles. The molecule has 2 N–H and O–H groups in total. The third-order valence-corrected chi connectivity index (χ3v) is 6.84. The zero-order chi connectivity index (χ0) is 24.0. The molecular weight excluding hydrogens is 440 g/mol. The highest BCUT2D eigenvalue weighted by atomic mass is 16.5. The number of nitrogens with one attached hydrogen (secondary N) is 2. The summed E-state index contributed by atoms with van der Waals surface area (Å²) in [7, 11) is 0. The maximum absolute atomic E-state index is 12.2. The Kier molecular flexibility index (Phi) is 7.28. The summed E-state index contributed by atoms with van der Waals surface area (Å²) in [6.07, 6.45) is 7.84. The Morgan fingerprint density at radius 1 is 1.09 bits per heavy atom. The van der Waals surface area contributed by atoms with Crippen LogP contribution in [-0.4, -0.2) is 50.7 Å². The van der Waals surface area contributed by atoms with Crippen molar-refractivity contribution in [1.29, 1.82) is 0 Å². The van der Waals surface area contributed by atoms with Gasteiger partial charge in [0, 0.05) is 24.0 Å². The summed E-state index contributed by atoms with van der Waals surface area (Å²) < 4.78 is 7.87. The fourth-order valence-corrected chi connectivity index (χ4v) is 4.93. The summed E-state index contributed by atoms with van der Waals surface area (Å²) in [5.41, 5.74) is 3.42. The summed E-state index contributed by atoms with van der Waals surface area (Å²) in [6, 6.07) is 12.0. The van der Waals surface area contributed by atoms with Crippen LogP contribution in [0, 0.1) is 0 Å². The number of rotatable bonds is 10. The zero-order valence-corrected chi connectivity index (χ0v) is 20.4. The van der Waals surface area contributed by atoms with Crippen molar-refractivity contribution in [3.05, 3.63) is 58.8 Å². The van der Waals surface area contributed by atoms with E-state index in [1.165, 1.54) is 45.3 Å². The normalized spacial score (nSPS) is 14.5. The van der Waals surface area contributed by atoms with Crippen LogP contribution in [0.2, 0.25) is 0 Å². The molecule has 8 heteroatoms. The van der Waals surface area contributed by atoms with Crippen molar-refractivity contribution >= 4 is 27.8 Å². The van der Waals surface area contributed by atoms with E-state index in [1.807, 2.05) is 37.3 Å². The number of nitrogens with zero attached hydrogens (tertiary/aromatic N) is 4. The van der Waals surface area contributed by atoms with Crippen LogP contribution in [0.3, 0.4) is 0 Å². The number of para-hydroxylation sites is 1. The van der Waals surface area contributed by atoms with Gasteiger partial charge in [-0.25, -0.2) is 14.8 Å². The molecule has 4 aromatic rings. The van der Waals surface area contributed by atoms with E-state index in [-0.39, 0.29) is 5.69 Å². The maximum Gasteiger partial charge on any atom is 0.326 e. The lowest BCUT2D eigenvalue weighted by atomic mass is 10.1. The van der Waals surface area contributed by atoms with E-state index in [2.05, 4.69) is 31.2 Å². The fraction of sp³-hybridized carbons (Fsp3) is 0.444.